The number of hydrogen-bond donors (Lipinski definition) is 0. The van der Waals surface area contributed by atoms with Crippen molar-refractivity contribution in [3.8, 4) is 11.5 Å². The SMILES string of the molecule is c1cc2cc3c(cc2nn1)OCO3. The van der Waals surface area contributed by atoms with Crippen LogP contribution >= 0.6 is 0 Å². The summed E-state index contributed by atoms with van der Waals surface area (Å²) < 4.78 is 10.5. The molecule has 1 aromatic carbocycles. The van der Waals surface area contributed by atoms with Gasteiger partial charge >= 0.3 is 0 Å². The molecule has 2 aromatic rings. The molecule has 0 N–H and O–H groups in total. The van der Waals surface area contributed by atoms with Gasteiger partial charge in [-0.05, 0) is 12.1 Å². The predicted molar refractivity (Wildman–Crippen MR) is 45.7 cm³/mol. The summed E-state index contributed by atoms with van der Waals surface area (Å²) in [5.74, 6) is 1.52. The number of aromatic nitrogens is 2. The van der Waals surface area contributed by atoms with Crippen LogP contribution < -0.4 is 9.47 Å². The van der Waals surface area contributed by atoms with Crippen molar-refractivity contribution in [2.24, 2.45) is 0 Å². The highest BCUT2D eigenvalue weighted by Crippen LogP contribution is 2.34. The van der Waals surface area contributed by atoms with Gasteiger partial charge in [-0.2, -0.15) is 10.2 Å². The zero-order valence-electron chi connectivity index (χ0n) is 6.73. The van der Waals surface area contributed by atoms with Gasteiger partial charge in [0.15, 0.2) is 11.5 Å². The zero-order valence-corrected chi connectivity index (χ0v) is 6.73. The Morgan fingerprint density at radius 3 is 2.92 bits per heavy atom. The Morgan fingerprint density at radius 2 is 2.00 bits per heavy atom. The van der Waals surface area contributed by atoms with Crippen LogP contribution in [-0.4, -0.2) is 17.0 Å². The Bertz CT molecular complexity index is 428. The van der Waals surface area contributed by atoms with Crippen LogP contribution in [0.5, 0.6) is 11.5 Å². The standard InChI is InChI=1S/C9H6N2O2/c1-2-10-11-7-4-9-8(3-6(1)7)12-5-13-9/h1-4H,5H2. The molecule has 3 rings (SSSR count). The van der Waals surface area contributed by atoms with E-state index in [-0.39, 0.29) is 0 Å². The van der Waals surface area contributed by atoms with E-state index in [0.29, 0.717) is 6.79 Å². The van der Waals surface area contributed by atoms with Gasteiger partial charge in [0.05, 0.1) is 11.7 Å². The molecule has 0 radical (unpaired) electrons. The molecule has 0 atom stereocenters. The lowest BCUT2D eigenvalue weighted by Crippen LogP contribution is -1.92. The second-order valence-corrected chi connectivity index (χ2v) is 2.80. The first-order chi connectivity index (χ1) is 6.43. The Hall–Kier alpha value is -1.84. The molecule has 0 fully saturated rings. The van der Waals surface area contributed by atoms with Gasteiger partial charge in [0, 0.05) is 11.5 Å². The number of ether oxygens (including phenoxy) is 2. The van der Waals surface area contributed by atoms with Crippen LogP contribution in [0.4, 0.5) is 0 Å². The Balaban J connectivity index is 2.36. The van der Waals surface area contributed by atoms with E-state index in [4.69, 9.17) is 9.47 Å². The average Bonchev–Trinajstić information content (AvgIpc) is 2.61. The summed E-state index contributed by atoms with van der Waals surface area (Å²) in [6, 6.07) is 5.64. The number of fused-ring (bicyclic) bond motifs is 2. The minimum absolute atomic E-state index is 0.291. The van der Waals surface area contributed by atoms with Crippen LogP contribution in [0.25, 0.3) is 10.9 Å². The Kier molecular flexibility index (Phi) is 1.19. The van der Waals surface area contributed by atoms with E-state index in [2.05, 4.69) is 10.2 Å². The lowest BCUT2D eigenvalue weighted by atomic mass is 10.2. The van der Waals surface area contributed by atoms with E-state index in [9.17, 15) is 0 Å². The fourth-order valence-electron chi connectivity index (χ4n) is 1.38. The fraction of sp³-hybridized carbons (Fsp3) is 0.111. The van der Waals surface area contributed by atoms with Crippen molar-refractivity contribution in [2.75, 3.05) is 6.79 Å². The molecular formula is C9H6N2O2. The van der Waals surface area contributed by atoms with Gasteiger partial charge in [0.1, 0.15) is 0 Å². The summed E-state index contributed by atoms with van der Waals surface area (Å²) in [4.78, 5) is 0. The van der Waals surface area contributed by atoms with Gasteiger partial charge < -0.3 is 9.47 Å². The van der Waals surface area contributed by atoms with Crippen LogP contribution in [0, 0.1) is 0 Å². The highest BCUT2D eigenvalue weighted by Gasteiger charge is 2.14. The first kappa shape index (κ1) is 6.65. The molecule has 0 saturated carbocycles. The quantitative estimate of drug-likeness (QED) is 0.604. The molecular weight excluding hydrogens is 168 g/mol. The third-order valence-corrected chi connectivity index (χ3v) is 2.01. The normalized spacial score (nSPS) is 13.5. The van der Waals surface area contributed by atoms with Gasteiger partial charge in [0.2, 0.25) is 6.79 Å². The van der Waals surface area contributed by atoms with Crippen molar-refractivity contribution in [3.05, 3.63) is 24.4 Å². The molecule has 2 heterocycles. The topological polar surface area (TPSA) is 44.2 Å². The Labute approximate surface area is 74.1 Å². The molecule has 0 bridgehead atoms. The molecule has 0 saturated heterocycles. The minimum atomic E-state index is 0.291. The van der Waals surface area contributed by atoms with E-state index in [1.165, 1.54) is 0 Å². The number of benzene rings is 1. The minimum Gasteiger partial charge on any atom is -0.454 e. The van der Waals surface area contributed by atoms with Crippen LogP contribution in [0.1, 0.15) is 0 Å². The van der Waals surface area contributed by atoms with E-state index in [1.54, 1.807) is 6.20 Å². The number of rotatable bonds is 0. The maximum atomic E-state index is 5.24. The van der Waals surface area contributed by atoms with Crippen LogP contribution in [-0.2, 0) is 0 Å². The van der Waals surface area contributed by atoms with Crippen molar-refractivity contribution >= 4 is 10.9 Å². The van der Waals surface area contributed by atoms with Gasteiger partial charge in [0.25, 0.3) is 0 Å². The second-order valence-electron chi connectivity index (χ2n) is 2.80. The van der Waals surface area contributed by atoms with Crippen molar-refractivity contribution in [1.29, 1.82) is 0 Å². The van der Waals surface area contributed by atoms with Gasteiger partial charge in [-0.1, -0.05) is 0 Å². The summed E-state index contributed by atoms with van der Waals surface area (Å²) >= 11 is 0. The molecule has 0 unspecified atom stereocenters. The fourth-order valence-corrected chi connectivity index (χ4v) is 1.38. The maximum Gasteiger partial charge on any atom is 0.231 e. The smallest absolute Gasteiger partial charge is 0.231 e. The molecule has 1 aromatic heterocycles. The summed E-state index contributed by atoms with van der Waals surface area (Å²) in [6.07, 6.45) is 1.66. The van der Waals surface area contributed by atoms with E-state index < -0.39 is 0 Å². The van der Waals surface area contributed by atoms with E-state index in [1.807, 2.05) is 18.2 Å². The van der Waals surface area contributed by atoms with Crippen molar-refractivity contribution in [3.63, 3.8) is 0 Å². The van der Waals surface area contributed by atoms with Crippen molar-refractivity contribution in [1.82, 2.24) is 10.2 Å². The highest BCUT2D eigenvalue weighted by molar-refractivity contribution is 5.82. The first-order valence-corrected chi connectivity index (χ1v) is 3.94. The molecule has 0 amide bonds. The van der Waals surface area contributed by atoms with Crippen LogP contribution in [0.3, 0.4) is 0 Å². The second kappa shape index (κ2) is 2.32. The summed E-state index contributed by atoms with van der Waals surface area (Å²) in [6.45, 7) is 0.291. The molecule has 1 aliphatic rings. The molecule has 4 heteroatoms. The van der Waals surface area contributed by atoms with E-state index in [0.717, 1.165) is 22.4 Å². The number of hydrogen-bond acceptors (Lipinski definition) is 4. The largest absolute Gasteiger partial charge is 0.454 e. The van der Waals surface area contributed by atoms with Crippen molar-refractivity contribution in [2.45, 2.75) is 0 Å². The molecule has 0 spiro atoms. The van der Waals surface area contributed by atoms with Crippen molar-refractivity contribution < 1.29 is 9.47 Å². The van der Waals surface area contributed by atoms with Crippen LogP contribution in [0.15, 0.2) is 24.4 Å². The third kappa shape index (κ3) is 0.917. The van der Waals surface area contributed by atoms with E-state index >= 15 is 0 Å². The molecule has 4 nitrogen and oxygen atoms in total. The van der Waals surface area contributed by atoms with Gasteiger partial charge in [-0.3, -0.25) is 0 Å². The van der Waals surface area contributed by atoms with Gasteiger partial charge in [-0.15, -0.1) is 0 Å². The lowest BCUT2D eigenvalue weighted by Gasteiger charge is -1.97. The predicted octanol–water partition coefficient (Wildman–Crippen LogP) is 1.36. The monoisotopic (exact) mass is 174 g/mol. The lowest BCUT2D eigenvalue weighted by molar-refractivity contribution is 0.174. The maximum absolute atomic E-state index is 5.24. The Morgan fingerprint density at radius 1 is 1.15 bits per heavy atom. The summed E-state index contributed by atoms with van der Waals surface area (Å²) in [5.41, 5.74) is 0.826. The molecule has 13 heavy (non-hydrogen) atoms. The number of nitrogens with zero attached hydrogens (tertiary/aromatic N) is 2. The summed E-state index contributed by atoms with van der Waals surface area (Å²) in [7, 11) is 0. The van der Waals surface area contributed by atoms with Gasteiger partial charge in [-0.25, -0.2) is 0 Å². The molecule has 1 aliphatic heterocycles. The van der Waals surface area contributed by atoms with Crippen LogP contribution in [0.2, 0.25) is 0 Å². The summed E-state index contributed by atoms with van der Waals surface area (Å²) in [5, 5.41) is 8.78. The molecule has 64 valence electrons. The molecule has 0 aliphatic carbocycles. The average molecular weight is 174 g/mol. The first-order valence-electron chi connectivity index (χ1n) is 3.94. The zero-order chi connectivity index (χ0) is 8.67. The third-order valence-electron chi connectivity index (χ3n) is 2.01. The highest BCUT2D eigenvalue weighted by atomic mass is 16.7.